The molecule has 0 saturated carbocycles. The summed E-state index contributed by atoms with van der Waals surface area (Å²) in [5.74, 6) is 0.348. The van der Waals surface area contributed by atoms with Gasteiger partial charge in [-0.25, -0.2) is 9.07 Å². The van der Waals surface area contributed by atoms with Gasteiger partial charge in [0.25, 0.3) is 0 Å². The summed E-state index contributed by atoms with van der Waals surface area (Å²) in [5, 5.41) is 7.66. The molecule has 2 rings (SSSR count). The van der Waals surface area contributed by atoms with Gasteiger partial charge in [0.15, 0.2) is 0 Å². The lowest BCUT2D eigenvalue weighted by molar-refractivity contribution is 0.545. The summed E-state index contributed by atoms with van der Waals surface area (Å²) >= 11 is 0. The SMILES string of the molecule is CC(C)CNCc1ccn(-c2ccccc2F)n1. The van der Waals surface area contributed by atoms with Crippen molar-refractivity contribution in [1.29, 1.82) is 0 Å². The number of rotatable bonds is 5. The van der Waals surface area contributed by atoms with Crippen LogP contribution >= 0.6 is 0 Å². The minimum Gasteiger partial charge on any atom is -0.311 e. The van der Waals surface area contributed by atoms with Gasteiger partial charge in [0.05, 0.1) is 5.69 Å². The van der Waals surface area contributed by atoms with Crippen LogP contribution in [0.25, 0.3) is 5.69 Å². The Hall–Kier alpha value is -1.68. The molecular weight excluding hydrogens is 229 g/mol. The first-order valence-electron chi connectivity index (χ1n) is 6.17. The maximum absolute atomic E-state index is 13.6. The monoisotopic (exact) mass is 247 g/mol. The van der Waals surface area contributed by atoms with E-state index in [2.05, 4.69) is 24.3 Å². The van der Waals surface area contributed by atoms with Gasteiger partial charge in [0, 0.05) is 12.7 Å². The van der Waals surface area contributed by atoms with E-state index in [-0.39, 0.29) is 5.82 Å². The third-order valence-corrected chi connectivity index (χ3v) is 2.60. The minimum absolute atomic E-state index is 0.262. The number of aromatic nitrogens is 2. The Bertz CT molecular complexity index is 505. The summed E-state index contributed by atoms with van der Waals surface area (Å²) in [5.41, 5.74) is 1.39. The molecule has 0 saturated heterocycles. The summed E-state index contributed by atoms with van der Waals surface area (Å²) in [7, 11) is 0. The van der Waals surface area contributed by atoms with E-state index in [0.717, 1.165) is 12.2 Å². The Morgan fingerprint density at radius 2 is 2.06 bits per heavy atom. The molecule has 0 spiro atoms. The molecule has 18 heavy (non-hydrogen) atoms. The Morgan fingerprint density at radius 3 is 2.78 bits per heavy atom. The molecule has 0 atom stereocenters. The van der Waals surface area contributed by atoms with Crippen LogP contribution in [0.15, 0.2) is 36.5 Å². The van der Waals surface area contributed by atoms with Gasteiger partial charge in [0.2, 0.25) is 0 Å². The summed E-state index contributed by atoms with van der Waals surface area (Å²) in [6.07, 6.45) is 1.78. The molecule has 1 aromatic carbocycles. The number of hydrogen-bond donors (Lipinski definition) is 1. The van der Waals surface area contributed by atoms with Gasteiger partial charge in [-0.2, -0.15) is 5.10 Å². The van der Waals surface area contributed by atoms with Crippen molar-refractivity contribution < 1.29 is 4.39 Å². The second-order valence-electron chi connectivity index (χ2n) is 4.73. The molecule has 4 heteroatoms. The zero-order valence-corrected chi connectivity index (χ0v) is 10.7. The van der Waals surface area contributed by atoms with Gasteiger partial charge in [-0.3, -0.25) is 0 Å². The maximum atomic E-state index is 13.6. The molecule has 1 aromatic heterocycles. The summed E-state index contributed by atoms with van der Waals surface area (Å²) in [6.45, 7) is 5.97. The van der Waals surface area contributed by atoms with Crippen molar-refractivity contribution in [1.82, 2.24) is 15.1 Å². The Kier molecular flexibility index (Phi) is 4.10. The first-order chi connectivity index (χ1) is 8.66. The van der Waals surface area contributed by atoms with Crippen LogP contribution in [-0.4, -0.2) is 16.3 Å². The number of para-hydroxylation sites is 1. The van der Waals surface area contributed by atoms with Crippen LogP contribution in [0.5, 0.6) is 0 Å². The standard InChI is InChI=1S/C14H18FN3/c1-11(2)9-16-10-12-7-8-18(17-12)14-6-4-3-5-13(14)15/h3-8,11,16H,9-10H2,1-2H3. The van der Waals surface area contributed by atoms with Crippen molar-refractivity contribution in [3.8, 4) is 5.69 Å². The van der Waals surface area contributed by atoms with Crippen LogP contribution in [0.4, 0.5) is 4.39 Å². The summed E-state index contributed by atoms with van der Waals surface area (Å²) < 4.78 is 15.1. The van der Waals surface area contributed by atoms with Crippen molar-refractivity contribution in [2.45, 2.75) is 20.4 Å². The van der Waals surface area contributed by atoms with E-state index >= 15 is 0 Å². The maximum Gasteiger partial charge on any atom is 0.148 e. The number of halogens is 1. The second-order valence-corrected chi connectivity index (χ2v) is 4.73. The van der Waals surface area contributed by atoms with Crippen LogP contribution in [0.1, 0.15) is 19.5 Å². The van der Waals surface area contributed by atoms with Gasteiger partial charge in [-0.15, -0.1) is 0 Å². The average molecular weight is 247 g/mol. The Balaban J connectivity index is 2.04. The van der Waals surface area contributed by atoms with E-state index in [1.54, 1.807) is 29.1 Å². The highest BCUT2D eigenvalue weighted by Gasteiger charge is 2.05. The topological polar surface area (TPSA) is 29.9 Å². The minimum atomic E-state index is -0.262. The fourth-order valence-electron chi connectivity index (χ4n) is 1.72. The zero-order valence-electron chi connectivity index (χ0n) is 10.7. The molecule has 2 aromatic rings. The number of nitrogens with zero attached hydrogens (tertiary/aromatic N) is 2. The van der Waals surface area contributed by atoms with E-state index in [4.69, 9.17) is 0 Å². The third-order valence-electron chi connectivity index (χ3n) is 2.60. The smallest absolute Gasteiger partial charge is 0.148 e. The molecule has 0 aliphatic rings. The first-order valence-corrected chi connectivity index (χ1v) is 6.17. The lowest BCUT2D eigenvalue weighted by atomic mass is 10.2. The summed E-state index contributed by atoms with van der Waals surface area (Å²) in [6, 6.07) is 8.53. The molecule has 1 heterocycles. The fourth-order valence-corrected chi connectivity index (χ4v) is 1.72. The molecule has 0 radical (unpaired) electrons. The van der Waals surface area contributed by atoms with Gasteiger partial charge in [-0.05, 0) is 30.7 Å². The first kappa shape index (κ1) is 12.8. The van der Waals surface area contributed by atoms with Crippen LogP contribution in [0, 0.1) is 11.7 Å². The number of benzene rings is 1. The van der Waals surface area contributed by atoms with Crippen molar-refractivity contribution in [3.05, 3.63) is 48.0 Å². The van der Waals surface area contributed by atoms with E-state index in [1.807, 2.05) is 6.07 Å². The normalized spacial score (nSPS) is 11.1. The average Bonchev–Trinajstić information content (AvgIpc) is 2.78. The van der Waals surface area contributed by atoms with E-state index in [1.165, 1.54) is 6.07 Å². The van der Waals surface area contributed by atoms with Crippen molar-refractivity contribution in [3.63, 3.8) is 0 Å². The molecule has 0 amide bonds. The molecule has 0 fully saturated rings. The van der Waals surface area contributed by atoms with E-state index in [0.29, 0.717) is 18.2 Å². The van der Waals surface area contributed by atoms with Crippen molar-refractivity contribution in [2.24, 2.45) is 5.92 Å². The van der Waals surface area contributed by atoms with Gasteiger partial charge in [0.1, 0.15) is 11.5 Å². The number of hydrogen-bond acceptors (Lipinski definition) is 2. The lowest BCUT2D eigenvalue weighted by Gasteiger charge is -2.05. The van der Waals surface area contributed by atoms with E-state index < -0.39 is 0 Å². The Labute approximate surface area is 107 Å². The van der Waals surface area contributed by atoms with E-state index in [9.17, 15) is 4.39 Å². The summed E-state index contributed by atoms with van der Waals surface area (Å²) in [4.78, 5) is 0. The molecule has 3 nitrogen and oxygen atoms in total. The highest BCUT2D eigenvalue weighted by atomic mass is 19.1. The molecule has 0 unspecified atom stereocenters. The molecule has 0 bridgehead atoms. The van der Waals surface area contributed by atoms with Crippen LogP contribution in [-0.2, 0) is 6.54 Å². The largest absolute Gasteiger partial charge is 0.311 e. The molecule has 0 aliphatic carbocycles. The van der Waals surface area contributed by atoms with Gasteiger partial charge in [-0.1, -0.05) is 26.0 Å². The Morgan fingerprint density at radius 1 is 1.28 bits per heavy atom. The quantitative estimate of drug-likeness (QED) is 0.880. The predicted molar refractivity (Wildman–Crippen MR) is 70.1 cm³/mol. The molecule has 0 aliphatic heterocycles. The van der Waals surface area contributed by atoms with Crippen molar-refractivity contribution in [2.75, 3.05) is 6.54 Å². The molecular formula is C14H18FN3. The highest BCUT2D eigenvalue weighted by molar-refractivity contribution is 5.32. The van der Waals surface area contributed by atoms with Crippen LogP contribution in [0.2, 0.25) is 0 Å². The molecule has 1 N–H and O–H groups in total. The van der Waals surface area contributed by atoms with Gasteiger partial charge < -0.3 is 5.32 Å². The third kappa shape index (κ3) is 3.17. The predicted octanol–water partition coefficient (Wildman–Crippen LogP) is 2.76. The molecule has 96 valence electrons. The second kappa shape index (κ2) is 5.78. The lowest BCUT2D eigenvalue weighted by Crippen LogP contribution is -2.19. The number of nitrogens with one attached hydrogen (secondary N) is 1. The zero-order chi connectivity index (χ0) is 13.0. The van der Waals surface area contributed by atoms with Crippen LogP contribution in [0.3, 0.4) is 0 Å². The highest BCUT2D eigenvalue weighted by Crippen LogP contribution is 2.11. The van der Waals surface area contributed by atoms with Crippen molar-refractivity contribution >= 4 is 0 Å². The fraction of sp³-hybridized carbons (Fsp3) is 0.357. The van der Waals surface area contributed by atoms with Crippen LogP contribution < -0.4 is 5.32 Å². The van der Waals surface area contributed by atoms with Gasteiger partial charge >= 0.3 is 0 Å².